The molecule has 124 valence electrons. The fraction of sp³-hybridized carbons (Fsp3) is 0.438. The summed E-state index contributed by atoms with van der Waals surface area (Å²) in [5.74, 6) is -0.612. The number of esters is 1. The highest BCUT2D eigenvalue weighted by Crippen LogP contribution is 2.18. The van der Waals surface area contributed by atoms with Crippen molar-refractivity contribution in [3.05, 3.63) is 29.8 Å². The zero-order valence-electron chi connectivity index (χ0n) is 13.2. The molecule has 0 bridgehead atoms. The van der Waals surface area contributed by atoms with Crippen LogP contribution in [0.25, 0.3) is 0 Å². The van der Waals surface area contributed by atoms with Gasteiger partial charge in [-0.25, -0.2) is 4.79 Å². The molecular weight excluding hydrogens is 300 g/mol. The van der Waals surface area contributed by atoms with Gasteiger partial charge in [-0.2, -0.15) is 0 Å². The average molecular weight is 320 g/mol. The van der Waals surface area contributed by atoms with E-state index in [9.17, 15) is 14.4 Å². The molecular formula is C16H20N2O5. The van der Waals surface area contributed by atoms with Crippen LogP contribution in [0.3, 0.4) is 0 Å². The predicted molar refractivity (Wildman–Crippen MR) is 82.1 cm³/mol. The SMILES string of the molecule is COc1ccc(C(=O)OCC(=O)N(C)CC(=O)NC2CC2)cc1. The molecule has 0 atom stereocenters. The number of methoxy groups -OCH3 is 1. The number of rotatable bonds is 7. The Labute approximate surface area is 134 Å². The van der Waals surface area contributed by atoms with E-state index in [-0.39, 0.29) is 18.5 Å². The highest BCUT2D eigenvalue weighted by atomic mass is 16.5. The van der Waals surface area contributed by atoms with Gasteiger partial charge in [-0.1, -0.05) is 0 Å². The van der Waals surface area contributed by atoms with Gasteiger partial charge in [0.15, 0.2) is 6.61 Å². The lowest BCUT2D eigenvalue weighted by molar-refractivity contribution is -0.137. The predicted octanol–water partition coefficient (Wildman–Crippen LogP) is 0.589. The average Bonchev–Trinajstić information content (AvgIpc) is 3.35. The molecule has 7 heteroatoms. The van der Waals surface area contributed by atoms with Gasteiger partial charge in [0.2, 0.25) is 5.91 Å². The topological polar surface area (TPSA) is 84.9 Å². The van der Waals surface area contributed by atoms with E-state index in [1.807, 2.05) is 0 Å². The van der Waals surface area contributed by atoms with E-state index in [2.05, 4.69) is 5.32 Å². The van der Waals surface area contributed by atoms with E-state index >= 15 is 0 Å². The van der Waals surface area contributed by atoms with Gasteiger partial charge in [-0.15, -0.1) is 0 Å². The van der Waals surface area contributed by atoms with Gasteiger partial charge < -0.3 is 19.7 Å². The monoisotopic (exact) mass is 320 g/mol. The number of nitrogens with zero attached hydrogens (tertiary/aromatic N) is 1. The molecule has 0 heterocycles. The van der Waals surface area contributed by atoms with Crippen LogP contribution in [-0.2, 0) is 14.3 Å². The standard InChI is InChI=1S/C16H20N2O5/c1-18(9-14(19)17-12-5-6-12)15(20)10-23-16(21)11-3-7-13(22-2)8-4-11/h3-4,7-8,12H,5-6,9-10H2,1-2H3,(H,17,19). The maximum Gasteiger partial charge on any atom is 0.338 e. The fourth-order valence-electron chi connectivity index (χ4n) is 1.85. The third kappa shape index (κ3) is 5.28. The maximum absolute atomic E-state index is 11.9. The van der Waals surface area contributed by atoms with E-state index in [1.165, 1.54) is 19.1 Å². The van der Waals surface area contributed by atoms with Gasteiger partial charge in [0.1, 0.15) is 5.75 Å². The zero-order valence-corrected chi connectivity index (χ0v) is 13.2. The Morgan fingerprint density at radius 2 is 1.87 bits per heavy atom. The second-order valence-corrected chi connectivity index (χ2v) is 5.40. The second kappa shape index (κ2) is 7.62. The van der Waals surface area contributed by atoms with E-state index in [4.69, 9.17) is 9.47 Å². The van der Waals surface area contributed by atoms with Crippen LogP contribution in [0.1, 0.15) is 23.2 Å². The van der Waals surface area contributed by atoms with Crippen molar-refractivity contribution in [2.24, 2.45) is 0 Å². The first-order valence-corrected chi connectivity index (χ1v) is 7.34. The zero-order chi connectivity index (χ0) is 16.8. The highest BCUT2D eigenvalue weighted by molar-refractivity contribution is 5.92. The molecule has 2 amide bonds. The van der Waals surface area contributed by atoms with Crippen molar-refractivity contribution >= 4 is 17.8 Å². The van der Waals surface area contributed by atoms with Crippen LogP contribution >= 0.6 is 0 Å². The molecule has 0 saturated heterocycles. The molecule has 23 heavy (non-hydrogen) atoms. The molecule has 0 unspecified atom stereocenters. The molecule has 1 N–H and O–H groups in total. The molecule has 1 fully saturated rings. The van der Waals surface area contributed by atoms with Crippen LogP contribution in [0.4, 0.5) is 0 Å². The fourth-order valence-corrected chi connectivity index (χ4v) is 1.85. The first-order valence-electron chi connectivity index (χ1n) is 7.34. The number of ether oxygens (including phenoxy) is 2. The van der Waals surface area contributed by atoms with E-state index < -0.39 is 18.5 Å². The summed E-state index contributed by atoms with van der Waals surface area (Å²) in [5.41, 5.74) is 0.327. The number of amides is 2. The minimum atomic E-state index is -0.600. The summed E-state index contributed by atoms with van der Waals surface area (Å²) < 4.78 is 9.95. The Morgan fingerprint density at radius 1 is 1.22 bits per heavy atom. The van der Waals surface area contributed by atoms with Gasteiger partial charge in [0.25, 0.3) is 5.91 Å². The van der Waals surface area contributed by atoms with Crippen LogP contribution in [-0.4, -0.2) is 56.0 Å². The highest BCUT2D eigenvalue weighted by Gasteiger charge is 2.24. The lowest BCUT2D eigenvalue weighted by Gasteiger charge is -2.16. The lowest BCUT2D eigenvalue weighted by atomic mass is 10.2. The van der Waals surface area contributed by atoms with Crippen molar-refractivity contribution in [1.29, 1.82) is 0 Å². The molecule has 1 aromatic carbocycles. The molecule has 1 aliphatic carbocycles. The third-order valence-corrected chi connectivity index (χ3v) is 3.40. The van der Waals surface area contributed by atoms with Gasteiger partial charge >= 0.3 is 5.97 Å². The van der Waals surface area contributed by atoms with Gasteiger partial charge in [0.05, 0.1) is 19.2 Å². The summed E-state index contributed by atoms with van der Waals surface area (Å²) in [7, 11) is 3.03. The van der Waals surface area contributed by atoms with Crippen LogP contribution in [0.2, 0.25) is 0 Å². The van der Waals surface area contributed by atoms with E-state index in [1.54, 1.807) is 24.3 Å². The molecule has 7 nitrogen and oxygen atoms in total. The van der Waals surface area contributed by atoms with Crippen molar-refractivity contribution in [2.45, 2.75) is 18.9 Å². The molecule has 2 rings (SSSR count). The summed E-state index contributed by atoms with van der Waals surface area (Å²) >= 11 is 0. The normalized spacial score (nSPS) is 13.1. The van der Waals surface area contributed by atoms with Crippen LogP contribution in [0.15, 0.2) is 24.3 Å². The van der Waals surface area contributed by atoms with E-state index in [0.29, 0.717) is 11.3 Å². The number of hydrogen-bond donors (Lipinski definition) is 1. The van der Waals surface area contributed by atoms with Crippen molar-refractivity contribution < 1.29 is 23.9 Å². The van der Waals surface area contributed by atoms with Gasteiger partial charge in [-0.05, 0) is 37.1 Å². The number of hydrogen-bond acceptors (Lipinski definition) is 5. The van der Waals surface area contributed by atoms with Crippen LogP contribution in [0.5, 0.6) is 5.75 Å². The lowest BCUT2D eigenvalue weighted by Crippen LogP contribution is -2.40. The first kappa shape index (κ1) is 16.8. The number of carbonyl (C=O) groups is 3. The molecule has 0 radical (unpaired) electrons. The van der Waals surface area contributed by atoms with Crippen molar-refractivity contribution in [3.8, 4) is 5.75 Å². The summed E-state index contributed by atoms with van der Waals surface area (Å²) in [6.45, 7) is -0.451. The van der Waals surface area contributed by atoms with Crippen LogP contribution < -0.4 is 10.1 Å². The van der Waals surface area contributed by atoms with Crippen molar-refractivity contribution in [2.75, 3.05) is 27.3 Å². The quantitative estimate of drug-likeness (QED) is 0.743. The summed E-state index contributed by atoms with van der Waals surface area (Å²) in [5, 5.41) is 2.79. The van der Waals surface area contributed by atoms with Gasteiger partial charge in [-0.3, -0.25) is 9.59 Å². The van der Waals surface area contributed by atoms with Gasteiger partial charge in [0, 0.05) is 13.1 Å². The Bertz CT molecular complexity index is 581. The number of likely N-dealkylation sites (N-methyl/N-ethyl adjacent to an activating group) is 1. The Balaban J connectivity index is 1.75. The number of nitrogens with one attached hydrogen (secondary N) is 1. The molecule has 1 aliphatic rings. The van der Waals surface area contributed by atoms with Crippen LogP contribution in [0, 0.1) is 0 Å². The molecule has 1 saturated carbocycles. The minimum Gasteiger partial charge on any atom is -0.497 e. The summed E-state index contributed by atoms with van der Waals surface area (Å²) in [6, 6.07) is 6.62. The minimum absolute atomic E-state index is 0.0462. The number of carbonyl (C=O) groups excluding carboxylic acids is 3. The summed E-state index contributed by atoms with van der Waals surface area (Å²) in [4.78, 5) is 36.5. The maximum atomic E-state index is 11.9. The van der Waals surface area contributed by atoms with Crippen molar-refractivity contribution in [1.82, 2.24) is 10.2 Å². The second-order valence-electron chi connectivity index (χ2n) is 5.40. The molecule has 1 aromatic rings. The molecule has 0 aromatic heterocycles. The first-order chi connectivity index (χ1) is 11.0. The molecule has 0 spiro atoms. The Kier molecular flexibility index (Phi) is 5.56. The Morgan fingerprint density at radius 3 is 2.43 bits per heavy atom. The third-order valence-electron chi connectivity index (χ3n) is 3.40. The summed E-state index contributed by atoms with van der Waals surface area (Å²) in [6.07, 6.45) is 1.98. The largest absolute Gasteiger partial charge is 0.497 e. The van der Waals surface area contributed by atoms with Crippen molar-refractivity contribution in [3.63, 3.8) is 0 Å². The smallest absolute Gasteiger partial charge is 0.338 e. The number of benzene rings is 1. The van der Waals surface area contributed by atoms with E-state index in [0.717, 1.165) is 12.8 Å². The molecule has 0 aliphatic heterocycles. The Hall–Kier alpha value is -2.57.